The fraction of sp³-hybridized carbons (Fsp3) is 0.263. The van der Waals surface area contributed by atoms with Crippen molar-refractivity contribution in [3.05, 3.63) is 59.7 Å². The van der Waals surface area contributed by atoms with Crippen molar-refractivity contribution in [2.24, 2.45) is 0 Å². The predicted molar refractivity (Wildman–Crippen MR) is 114 cm³/mol. The molecule has 0 heterocycles. The van der Waals surface area contributed by atoms with Crippen molar-refractivity contribution in [1.82, 2.24) is 10.6 Å². The largest absolute Gasteiger partial charge is 0.493 e. The highest BCUT2D eigenvalue weighted by molar-refractivity contribution is 6.54. The molecule has 0 unspecified atom stereocenters. The van der Waals surface area contributed by atoms with Crippen molar-refractivity contribution < 1.29 is 19.1 Å². The van der Waals surface area contributed by atoms with Crippen LogP contribution >= 0.6 is 46.4 Å². The molecule has 0 spiro atoms. The van der Waals surface area contributed by atoms with Crippen LogP contribution in [0.15, 0.2) is 48.5 Å². The molecule has 0 radical (unpaired) electrons. The normalized spacial score (nSPS) is 10.9. The highest BCUT2D eigenvalue weighted by atomic mass is 35.5. The molecule has 2 N–H and O–H groups in total. The Morgan fingerprint density at radius 1 is 0.897 bits per heavy atom. The number of methoxy groups -OCH3 is 1. The summed E-state index contributed by atoms with van der Waals surface area (Å²) in [6.45, 7) is 0.341. The summed E-state index contributed by atoms with van der Waals surface area (Å²) in [6.07, 6.45) is -0.993. The van der Waals surface area contributed by atoms with Crippen molar-refractivity contribution >= 4 is 58.2 Å². The van der Waals surface area contributed by atoms with Crippen LogP contribution < -0.4 is 20.1 Å². The second-order valence-corrected chi connectivity index (χ2v) is 7.93. The summed E-state index contributed by atoms with van der Waals surface area (Å²) in [7, 11) is 1.47. The van der Waals surface area contributed by atoms with Gasteiger partial charge < -0.3 is 20.1 Å². The minimum Gasteiger partial charge on any atom is -0.493 e. The van der Waals surface area contributed by atoms with Crippen LogP contribution in [0, 0.1) is 0 Å². The minimum absolute atomic E-state index is 0.341. The van der Waals surface area contributed by atoms with Crippen molar-refractivity contribution in [3.63, 3.8) is 0 Å². The molecule has 0 fully saturated rings. The van der Waals surface area contributed by atoms with Gasteiger partial charge in [0.2, 0.25) is 0 Å². The van der Waals surface area contributed by atoms with E-state index in [0.29, 0.717) is 23.7 Å². The number of nitrogens with one attached hydrogen (secondary N) is 2. The van der Waals surface area contributed by atoms with E-state index in [2.05, 4.69) is 10.6 Å². The van der Waals surface area contributed by atoms with Gasteiger partial charge in [-0.2, -0.15) is 0 Å². The fourth-order valence-electron chi connectivity index (χ4n) is 2.33. The van der Waals surface area contributed by atoms with Crippen LogP contribution in [0.5, 0.6) is 11.5 Å². The van der Waals surface area contributed by atoms with Crippen LogP contribution in [0.4, 0.5) is 0 Å². The summed E-state index contributed by atoms with van der Waals surface area (Å²) >= 11 is 22.3. The number of halogens is 4. The van der Waals surface area contributed by atoms with Crippen LogP contribution in [0.2, 0.25) is 0 Å². The summed E-state index contributed by atoms with van der Waals surface area (Å²) in [5.41, 5.74) is 1.46. The minimum atomic E-state index is -1.33. The molecule has 2 aromatic carbocycles. The molecular formula is C19H18Cl4N2O4. The molecule has 0 saturated carbocycles. The molecular weight excluding hydrogens is 462 g/mol. The van der Waals surface area contributed by atoms with Gasteiger partial charge in [-0.1, -0.05) is 82.8 Å². The van der Waals surface area contributed by atoms with Gasteiger partial charge in [-0.15, -0.1) is 0 Å². The summed E-state index contributed by atoms with van der Waals surface area (Å²) in [5.74, 6) is -0.532. The first-order chi connectivity index (χ1) is 13.8. The lowest BCUT2D eigenvalue weighted by atomic mass is 10.1. The second kappa shape index (κ2) is 11.4. The maximum Gasteiger partial charge on any atom is 0.255 e. The monoisotopic (exact) mass is 478 g/mol. The Morgan fingerprint density at radius 3 is 2.00 bits per heavy atom. The van der Waals surface area contributed by atoms with Gasteiger partial charge >= 0.3 is 0 Å². The smallest absolute Gasteiger partial charge is 0.255 e. The van der Waals surface area contributed by atoms with E-state index >= 15 is 0 Å². The van der Waals surface area contributed by atoms with Crippen molar-refractivity contribution in [2.45, 2.75) is 22.4 Å². The Hall–Kier alpha value is -1.86. The molecule has 156 valence electrons. The summed E-state index contributed by atoms with van der Waals surface area (Å²) in [5, 5.41) is 5.00. The molecule has 2 aromatic rings. The van der Waals surface area contributed by atoms with E-state index in [1.807, 2.05) is 30.3 Å². The Bertz CT molecular complexity index is 812. The fourth-order valence-corrected chi connectivity index (χ4v) is 2.58. The summed E-state index contributed by atoms with van der Waals surface area (Å²) in [6, 6.07) is 14.5. The third kappa shape index (κ3) is 7.16. The third-order valence-electron chi connectivity index (χ3n) is 3.73. The van der Waals surface area contributed by atoms with Crippen LogP contribution in [0.25, 0.3) is 0 Å². The number of ether oxygens (including phenoxy) is 2. The first-order valence-electron chi connectivity index (χ1n) is 8.33. The maximum atomic E-state index is 11.9. The second-order valence-electron chi connectivity index (χ2n) is 5.74. The number of rotatable bonds is 9. The van der Waals surface area contributed by atoms with Crippen LogP contribution in [0.1, 0.15) is 17.3 Å². The number of benzene rings is 2. The number of amides is 2. The first-order valence-corrected chi connectivity index (χ1v) is 10.1. The topological polar surface area (TPSA) is 76.7 Å². The predicted octanol–water partition coefficient (Wildman–Crippen LogP) is 4.11. The Kier molecular flexibility index (Phi) is 9.17. The highest BCUT2D eigenvalue weighted by Gasteiger charge is 2.24. The van der Waals surface area contributed by atoms with E-state index in [-0.39, 0.29) is 0 Å². The van der Waals surface area contributed by atoms with E-state index in [9.17, 15) is 9.59 Å². The average Bonchev–Trinajstić information content (AvgIpc) is 2.72. The SMILES string of the molecule is COc1cc(C(NC(=O)C(Cl)Cl)NC(=O)C(Cl)Cl)ccc1OCc1ccccc1. The number of hydrogen-bond donors (Lipinski definition) is 2. The van der Waals surface area contributed by atoms with Gasteiger partial charge in [0.1, 0.15) is 12.8 Å². The molecule has 6 nitrogen and oxygen atoms in total. The number of hydrogen-bond acceptors (Lipinski definition) is 4. The zero-order valence-corrected chi connectivity index (χ0v) is 18.2. The molecule has 0 aliphatic carbocycles. The van der Waals surface area contributed by atoms with Gasteiger partial charge in [0.25, 0.3) is 11.8 Å². The lowest BCUT2D eigenvalue weighted by Crippen LogP contribution is -2.44. The van der Waals surface area contributed by atoms with Crippen molar-refractivity contribution in [1.29, 1.82) is 0 Å². The molecule has 29 heavy (non-hydrogen) atoms. The Balaban J connectivity index is 2.23. The van der Waals surface area contributed by atoms with E-state index < -0.39 is 27.7 Å². The van der Waals surface area contributed by atoms with Crippen molar-refractivity contribution in [2.75, 3.05) is 7.11 Å². The molecule has 2 amide bonds. The lowest BCUT2D eigenvalue weighted by Gasteiger charge is -2.22. The number of carbonyl (C=O) groups is 2. The van der Waals surface area contributed by atoms with E-state index in [1.54, 1.807) is 18.2 Å². The first kappa shape index (κ1) is 23.4. The highest BCUT2D eigenvalue weighted by Crippen LogP contribution is 2.31. The number of carbonyl (C=O) groups excluding carboxylic acids is 2. The van der Waals surface area contributed by atoms with Crippen molar-refractivity contribution in [3.8, 4) is 11.5 Å². The molecule has 0 aliphatic heterocycles. The molecule has 0 bridgehead atoms. The van der Waals surface area contributed by atoms with Gasteiger partial charge in [-0.3, -0.25) is 9.59 Å². The lowest BCUT2D eigenvalue weighted by molar-refractivity contribution is -0.122. The summed E-state index contributed by atoms with van der Waals surface area (Å²) < 4.78 is 11.2. The van der Waals surface area contributed by atoms with Crippen LogP contribution in [0.3, 0.4) is 0 Å². The van der Waals surface area contributed by atoms with Gasteiger partial charge in [-0.05, 0) is 23.3 Å². The van der Waals surface area contributed by atoms with Gasteiger partial charge in [0, 0.05) is 0 Å². The summed E-state index contributed by atoms with van der Waals surface area (Å²) in [4.78, 5) is 21.2. The standard InChI is InChI=1S/C19H18Cl4N2O4/c1-28-14-9-12(7-8-13(14)29-10-11-5-3-2-4-6-11)17(24-18(26)15(20)21)25-19(27)16(22)23/h2-9,15-17H,10H2,1H3,(H,24,26)(H,25,27). The maximum absolute atomic E-state index is 11.9. The average molecular weight is 480 g/mol. The van der Waals surface area contributed by atoms with Gasteiger partial charge in [0.05, 0.1) is 7.11 Å². The van der Waals surface area contributed by atoms with E-state index in [0.717, 1.165) is 5.56 Å². The Labute approximate surface area is 188 Å². The van der Waals surface area contributed by atoms with Gasteiger partial charge in [0.15, 0.2) is 21.2 Å². The zero-order valence-electron chi connectivity index (χ0n) is 15.2. The third-order valence-corrected chi connectivity index (χ3v) is 4.52. The van der Waals surface area contributed by atoms with Crippen LogP contribution in [-0.2, 0) is 16.2 Å². The Morgan fingerprint density at radius 2 is 1.48 bits per heavy atom. The van der Waals surface area contributed by atoms with Crippen LogP contribution in [-0.4, -0.2) is 28.6 Å². The quantitative estimate of drug-likeness (QED) is 0.419. The molecule has 0 atom stereocenters. The molecule has 0 aromatic heterocycles. The van der Waals surface area contributed by atoms with E-state index in [4.69, 9.17) is 55.9 Å². The molecule has 0 saturated heterocycles. The molecule has 0 aliphatic rings. The number of alkyl halides is 4. The van der Waals surface area contributed by atoms with Gasteiger partial charge in [-0.25, -0.2) is 0 Å². The van der Waals surface area contributed by atoms with E-state index in [1.165, 1.54) is 7.11 Å². The molecule has 10 heteroatoms. The molecule has 2 rings (SSSR count). The zero-order chi connectivity index (χ0) is 21.4.